The second-order valence-electron chi connectivity index (χ2n) is 8.09. The lowest BCUT2D eigenvalue weighted by Crippen LogP contribution is -2.24. The van der Waals surface area contributed by atoms with Crippen LogP contribution in [-0.2, 0) is 11.0 Å². The first kappa shape index (κ1) is 25.7. The first-order chi connectivity index (χ1) is 17.4. The third-order valence-corrected chi connectivity index (χ3v) is 5.84. The fraction of sp³-hybridized carbons (Fsp3) is 0.120. The van der Waals surface area contributed by atoms with Crippen molar-refractivity contribution in [1.82, 2.24) is 14.5 Å². The zero-order valence-electron chi connectivity index (χ0n) is 19.0. The van der Waals surface area contributed by atoms with E-state index in [0.717, 1.165) is 12.5 Å². The molecule has 0 radical (unpaired) electrons. The third-order valence-electron chi connectivity index (χ3n) is 5.60. The van der Waals surface area contributed by atoms with Gasteiger partial charge in [0.1, 0.15) is 0 Å². The zero-order chi connectivity index (χ0) is 26.9. The second-order valence-corrected chi connectivity index (χ2v) is 8.52. The van der Waals surface area contributed by atoms with E-state index in [2.05, 4.69) is 15.3 Å². The zero-order valence-corrected chi connectivity index (χ0v) is 19.8. The fourth-order valence-electron chi connectivity index (χ4n) is 3.61. The molecule has 0 spiro atoms. The maximum absolute atomic E-state index is 13.0. The molecule has 2 aromatic heterocycles. The highest BCUT2D eigenvalue weighted by Crippen LogP contribution is 2.32. The Kier molecular flexibility index (Phi) is 6.90. The van der Waals surface area contributed by atoms with Crippen LogP contribution in [0.15, 0.2) is 72.0 Å². The molecule has 0 saturated carbocycles. The first-order valence-electron chi connectivity index (χ1n) is 10.7. The van der Waals surface area contributed by atoms with Crippen LogP contribution >= 0.6 is 11.6 Å². The summed E-state index contributed by atoms with van der Waals surface area (Å²) in [5, 5.41) is 11.9. The van der Waals surface area contributed by atoms with Gasteiger partial charge < -0.3 is 20.0 Å². The Morgan fingerprint density at radius 2 is 1.84 bits per heavy atom. The molecule has 1 unspecified atom stereocenters. The minimum atomic E-state index is -4.62. The number of hydrogen-bond acceptors (Lipinski definition) is 4. The normalized spacial score (nSPS) is 12.2. The molecule has 12 heteroatoms. The van der Waals surface area contributed by atoms with Crippen molar-refractivity contribution < 1.29 is 27.9 Å². The summed E-state index contributed by atoms with van der Waals surface area (Å²) in [6.45, 7) is 1.53. The van der Waals surface area contributed by atoms with Gasteiger partial charge in [-0.25, -0.2) is 9.78 Å². The van der Waals surface area contributed by atoms with Crippen LogP contribution in [0.2, 0.25) is 5.02 Å². The number of hydrogen-bond donors (Lipinski definition) is 3. The van der Waals surface area contributed by atoms with Crippen molar-refractivity contribution in [1.29, 1.82) is 0 Å². The van der Waals surface area contributed by atoms with Crippen molar-refractivity contribution >= 4 is 29.2 Å². The Bertz CT molecular complexity index is 1540. The Morgan fingerprint density at radius 1 is 1.14 bits per heavy atom. The SMILES string of the molecule is CC(C(=O)Nc1ccc(C(=O)O)cc1)c1c[nH]c(-c2cc(Cl)ccc2-n2cnc(C(F)(F)F)c2)cc1=O. The van der Waals surface area contributed by atoms with E-state index in [9.17, 15) is 27.6 Å². The van der Waals surface area contributed by atoms with Gasteiger partial charge in [-0.1, -0.05) is 11.6 Å². The number of aromatic carboxylic acids is 1. The van der Waals surface area contributed by atoms with Gasteiger partial charge in [-0.2, -0.15) is 13.2 Å². The summed E-state index contributed by atoms with van der Waals surface area (Å²) in [6, 6.07) is 11.3. The Hall–Kier alpha value is -4.38. The molecule has 0 fully saturated rings. The van der Waals surface area contributed by atoms with Gasteiger partial charge in [0.2, 0.25) is 5.91 Å². The number of carbonyl (C=O) groups is 2. The molecular formula is C25H18ClF3N4O4. The van der Waals surface area contributed by atoms with Crippen LogP contribution in [0.4, 0.5) is 18.9 Å². The van der Waals surface area contributed by atoms with Gasteiger partial charge in [-0.3, -0.25) is 9.59 Å². The number of nitrogens with one attached hydrogen (secondary N) is 2. The lowest BCUT2D eigenvalue weighted by atomic mass is 10.00. The fourth-order valence-corrected chi connectivity index (χ4v) is 3.79. The average Bonchev–Trinajstić information content (AvgIpc) is 3.35. The number of H-pyrrole nitrogens is 1. The van der Waals surface area contributed by atoms with E-state index >= 15 is 0 Å². The summed E-state index contributed by atoms with van der Waals surface area (Å²) in [7, 11) is 0. The van der Waals surface area contributed by atoms with Crippen LogP contribution in [0.5, 0.6) is 0 Å². The van der Waals surface area contributed by atoms with Crippen LogP contribution in [0, 0.1) is 0 Å². The number of amides is 1. The van der Waals surface area contributed by atoms with Crippen molar-refractivity contribution in [3.8, 4) is 16.9 Å². The molecule has 37 heavy (non-hydrogen) atoms. The van der Waals surface area contributed by atoms with E-state index in [1.807, 2.05) is 0 Å². The molecule has 4 rings (SSSR count). The van der Waals surface area contributed by atoms with E-state index < -0.39 is 35.1 Å². The van der Waals surface area contributed by atoms with E-state index in [0.29, 0.717) is 22.0 Å². The number of halogens is 4. The van der Waals surface area contributed by atoms with Gasteiger partial charge in [0.05, 0.1) is 29.2 Å². The maximum atomic E-state index is 13.0. The summed E-state index contributed by atoms with van der Waals surface area (Å²) in [5.74, 6) is -2.48. The minimum absolute atomic E-state index is 0.0591. The van der Waals surface area contributed by atoms with Crippen LogP contribution in [-0.4, -0.2) is 31.5 Å². The second kappa shape index (κ2) is 9.94. The molecule has 2 heterocycles. The van der Waals surface area contributed by atoms with Crippen molar-refractivity contribution in [2.24, 2.45) is 0 Å². The number of imidazole rings is 1. The predicted molar refractivity (Wildman–Crippen MR) is 130 cm³/mol. The number of anilines is 1. The smallest absolute Gasteiger partial charge is 0.434 e. The molecule has 0 aliphatic rings. The summed E-state index contributed by atoms with van der Waals surface area (Å²) >= 11 is 6.12. The van der Waals surface area contributed by atoms with Crippen molar-refractivity contribution in [2.75, 3.05) is 5.32 Å². The molecule has 0 aliphatic carbocycles. The lowest BCUT2D eigenvalue weighted by Gasteiger charge is -2.14. The highest BCUT2D eigenvalue weighted by atomic mass is 35.5. The van der Waals surface area contributed by atoms with E-state index in [4.69, 9.17) is 16.7 Å². The highest BCUT2D eigenvalue weighted by molar-refractivity contribution is 6.31. The molecule has 190 valence electrons. The standard InChI is InChI=1S/C25H18ClF3N4O4/c1-13(23(35)32-16-5-2-14(3-6-16)24(36)37)18-10-30-19(9-21(18)34)17-8-15(26)4-7-20(17)33-11-22(31-12-33)25(27,28)29/h2-13H,1H3,(H,30,34)(H,32,35)(H,36,37). The molecular weight excluding hydrogens is 513 g/mol. The molecule has 8 nitrogen and oxygen atoms in total. The van der Waals surface area contributed by atoms with Crippen LogP contribution in [0.1, 0.15) is 34.5 Å². The van der Waals surface area contributed by atoms with Gasteiger partial charge in [0.25, 0.3) is 0 Å². The maximum Gasteiger partial charge on any atom is 0.434 e. The average molecular weight is 531 g/mol. The predicted octanol–water partition coefficient (Wildman–Crippen LogP) is 5.34. The van der Waals surface area contributed by atoms with Crippen LogP contribution < -0.4 is 10.7 Å². The first-order valence-corrected chi connectivity index (χ1v) is 11.1. The Balaban J connectivity index is 1.61. The lowest BCUT2D eigenvalue weighted by molar-refractivity contribution is -0.140. The number of aromatic nitrogens is 3. The van der Waals surface area contributed by atoms with Gasteiger partial charge >= 0.3 is 12.1 Å². The van der Waals surface area contributed by atoms with Crippen LogP contribution in [0.3, 0.4) is 0 Å². The number of pyridine rings is 1. The highest BCUT2D eigenvalue weighted by Gasteiger charge is 2.33. The number of benzene rings is 2. The topological polar surface area (TPSA) is 117 Å². The molecule has 2 aromatic carbocycles. The third kappa shape index (κ3) is 5.56. The van der Waals surface area contributed by atoms with Gasteiger partial charge in [0, 0.05) is 40.3 Å². The van der Waals surface area contributed by atoms with Crippen molar-refractivity contribution in [3.05, 3.63) is 99.3 Å². The minimum Gasteiger partial charge on any atom is -0.478 e. The summed E-state index contributed by atoms with van der Waals surface area (Å²) < 4.78 is 40.3. The number of carboxylic acids is 1. The Labute approximate surface area is 212 Å². The number of alkyl halides is 3. The largest absolute Gasteiger partial charge is 0.478 e. The quantitative estimate of drug-likeness (QED) is 0.311. The molecule has 1 amide bonds. The summed E-state index contributed by atoms with van der Waals surface area (Å²) in [4.78, 5) is 42.9. The monoisotopic (exact) mass is 530 g/mol. The molecule has 0 bridgehead atoms. The number of carbonyl (C=O) groups excluding carboxylic acids is 1. The molecule has 3 N–H and O–H groups in total. The summed E-state index contributed by atoms with van der Waals surface area (Å²) in [6.07, 6.45) is -1.43. The van der Waals surface area contributed by atoms with Crippen LogP contribution in [0.25, 0.3) is 16.9 Å². The van der Waals surface area contributed by atoms with E-state index in [1.54, 1.807) is 0 Å². The number of nitrogens with zero attached hydrogens (tertiary/aromatic N) is 2. The van der Waals surface area contributed by atoms with Gasteiger partial charge in [0.15, 0.2) is 11.1 Å². The van der Waals surface area contributed by atoms with Crippen molar-refractivity contribution in [2.45, 2.75) is 19.0 Å². The van der Waals surface area contributed by atoms with Gasteiger partial charge in [-0.05, 0) is 49.4 Å². The van der Waals surface area contributed by atoms with Crippen molar-refractivity contribution in [3.63, 3.8) is 0 Å². The summed E-state index contributed by atoms with van der Waals surface area (Å²) in [5.41, 5.74) is -0.0793. The van der Waals surface area contributed by atoms with E-state index in [-0.39, 0.29) is 16.8 Å². The number of carboxylic acid groups (broad SMARTS) is 1. The van der Waals surface area contributed by atoms with E-state index in [1.165, 1.54) is 66.2 Å². The number of rotatable bonds is 6. The van der Waals surface area contributed by atoms with Gasteiger partial charge in [-0.15, -0.1) is 0 Å². The molecule has 4 aromatic rings. The molecule has 0 saturated heterocycles. The number of aromatic amines is 1. The molecule has 0 aliphatic heterocycles. The Morgan fingerprint density at radius 3 is 2.43 bits per heavy atom. The molecule has 1 atom stereocenters.